The first-order valence-corrected chi connectivity index (χ1v) is 21.0. The number of carboxylic acid groups (broad SMARTS) is 1. The third-order valence-electron chi connectivity index (χ3n) is 11.8. The number of thioether (sulfide) groups is 1. The van der Waals surface area contributed by atoms with Gasteiger partial charge in [-0.2, -0.15) is 11.8 Å². The molecule has 14 nitrogen and oxygen atoms in total. The van der Waals surface area contributed by atoms with E-state index in [-0.39, 0.29) is 29.9 Å². The van der Waals surface area contributed by atoms with Gasteiger partial charge in [-0.3, -0.25) is 34.3 Å². The minimum atomic E-state index is -0.619. The van der Waals surface area contributed by atoms with Crippen molar-refractivity contribution in [3.63, 3.8) is 0 Å². The lowest BCUT2D eigenvalue weighted by Crippen LogP contribution is -2.64. The second-order valence-corrected chi connectivity index (χ2v) is 16.8. The lowest BCUT2D eigenvalue weighted by atomic mass is 9.92. The van der Waals surface area contributed by atoms with Crippen molar-refractivity contribution in [1.82, 2.24) is 25.1 Å². The highest BCUT2D eigenvalue weighted by molar-refractivity contribution is 7.99. The van der Waals surface area contributed by atoms with Crippen molar-refractivity contribution in [2.45, 2.75) is 80.5 Å². The molecule has 0 bridgehead atoms. The van der Waals surface area contributed by atoms with Crippen LogP contribution in [0.25, 0.3) is 10.9 Å². The average Bonchev–Trinajstić information content (AvgIpc) is 3.18. The summed E-state index contributed by atoms with van der Waals surface area (Å²) in [4.78, 5) is 59.4. The number of hydrogen-bond donors (Lipinski definition) is 4. The molecule has 8 rings (SSSR count). The summed E-state index contributed by atoms with van der Waals surface area (Å²) in [6.07, 6.45) is 6.65. The van der Waals surface area contributed by atoms with Crippen LogP contribution in [0.5, 0.6) is 5.75 Å². The molecule has 2 aromatic carbocycles. The number of piperidine rings is 3. The molecule has 57 heavy (non-hydrogen) atoms. The number of H-pyrrole nitrogens is 1. The maximum Gasteiger partial charge on any atom is 0.290 e. The molecule has 5 aliphatic heterocycles. The summed E-state index contributed by atoms with van der Waals surface area (Å²) >= 11 is 1.75. The smallest absolute Gasteiger partial charge is 0.290 e. The fourth-order valence-corrected chi connectivity index (χ4v) is 9.54. The molecule has 1 unspecified atom stereocenters. The van der Waals surface area contributed by atoms with Crippen LogP contribution in [0.15, 0.2) is 35.1 Å². The van der Waals surface area contributed by atoms with E-state index in [4.69, 9.17) is 19.4 Å². The first-order valence-electron chi connectivity index (χ1n) is 19.9. The number of aromatic nitrogens is 2. The van der Waals surface area contributed by atoms with Gasteiger partial charge in [0.2, 0.25) is 11.8 Å². The van der Waals surface area contributed by atoms with Gasteiger partial charge in [-0.1, -0.05) is 0 Å². The van der Waals surface area contributed by atoms with E-state index in [1.54, 1.807) is 23.9 Å². The second-order valence-electron chi connectivity index (χ2n) is 15.5. The summed E-state index contributed by atoms with van der Waals surface area (Å²) in [6.45, 7) is 7.66. The maximum atomic E-state index is 15.0. The van der Waals surface area contributed by atoms with Crippen LogP contribution in [0.3, 0.4) is 0 Å². The summed E-state index contributed by atoms with van der Waals surface area (Å²) in [5, 5.41) is 12.6. The van der Waals surface area contributed by atoms with Gasteiger partial charge in [0.1, 0.15) is 34.6 Å². The number of ether oxygens (including phenoxy) is 2. The summed E-state index contributed by atoms with van der Waals surface area (Å²) < 4.78 is 41.6. The third-order valence-corrected chi connectivity index (χ3v) is 13.2. The molecule has 5 aliphatic rings. The number of anilines is 2. The first-order chi connectivity index (χ1) is 27.7. The Balaban J connectivity index is 0.00000160. The molecule has 6 heterocycles. The quantitative estimate of drug-likeness (QED) is 0.162. The zero-order chi connectivity index (χ0) is 39.9. The minimum absolute atomic E-state index is 0.0289. The highest BCUT2D eigenvalue weighted by atomic mass is 32.2. The van der Waals surface area contributed by atoms with E-state index in [2.05, 4.69) is 35.3 Å². The maximum absolute atomic E-state index is 15.0. The fraction of sp³-hybridized carbons (Fsp3) is 0.575. The number of carbonyl (C=O) groups excluding carboxylic acids is 2. The predicted molar refractivity (Wildman–Crippen MR) is 213 cm³/mol. The monoisotopic (exact) mass is 811 g/mol. The Hall–Kier alpha value is -4.32. The Morgan fingerprint density at radius 2 is 1.67 bits per heavy atom. The van der Waals surface area contributed by atoms with Crippen molar-refractivity contribution in [1.29, 1.82) is 0 Å². The van der Waals surface area contributed by atoms with E-state index in [1.807, 2.05) is 6.07 Å². The van der Waals surface area contributed by atoms with E-state index in [1.165, 1.54) is 12.1 Å². The van der Waals surface area contributed by atoms with Gasteiger partial charge < -0.3 is 29.8 Å². The van der Waals surface area contributed by atoms with E-state index in [0.29, 0.717) is 59.1 Å². The van der Waals surface area contributed by atoms with Crippen LogP contribution in [-0.4, -0.2) is 126 Å². The Labute approximate surface area is 334 Å². The molecule has 5 fully saturated rings. The van der Waals surface area contributed by atoms with Crippen molar-refractivity contribution >= 4 is 52.3 Å². The van der Waals surface area contributed by atoms with Crippen LogP contribution in [-0.2, 0) is 24.9 Å². The third kappa shape index (κ3) is 10.2. The molecule has 0 radical (unpaired) electrons. The molecule has 0 saturated carbocycles. The van der Waals surface area contributed by atoms with Crippen LogP contribution in [0.1, 0.15) is 57.2 Å². The number of nitrogens with one attached hydrogen (secondary N) is 3. The number of imide groups is 1. The molecule has 308 valence electrons. The summed E-state index contributed by atoms with van der Waals surface area (Å²) in [5.74, 6) is 0.180. The largest absolute Gasteiger partial charge is 0.493 e. The average molecular weight is 812 g/mol. The van der Waals surface area contributed by atoms with Crippen molar-refractivity contribution in [3.05, 3.63) is 58.1 Å². The molecule has 0 aliphatic carbocycles. The van der Waals surface area contributed by atoms with Crippen LogP contribution in [0, 0.1) is 17.6 Å². The van der Waals surface area contributed by atoms with Crippen LogP contribution in [0.4, 0.5) is 20.2 Å². The molecule has 2 amide bonds. The molecule has 1 aromatic heterocycles. The van der Waals surface area contributed by atoms with Crippen LogP contribution < -0.4 is 25.8 Å². The number of amides is 2. The molecule has 0 spiro atoms. The van der Waals surface area contributed by atoms with Gasteiger partial charge in [0.25, 0.3) is 12.0 Å². The fourth-order valence-electron chi connectivity index (χ4n) is 8.48. The predicted octanol–water partition coefficient (Wildman–Crippen LogP) is 3.98. The van der Waals surface area contributed by atoms with E-state index in [9.17, 15) is 14.4 Å². The van der Waals surface area contributed by atoms with Gasteiger partial charge in [-0.05, 0) is 82.2 Å². The lowest BCUT2D eigenvalue weighted by molar-refractivity contribution is -0.133. The zero-order valence-corrected chi connectivity index (χ0v) is 32.7. The summed E-state index contributed by atoms with van der Waals surface area (Å²) in [6, 6.07) is 8.57. The number of carbonyl (C=O) groups is 3. The molecule has 17 heteroatoms. The van der Waals surface area contributed by atoms with Gasteiger partial charge in [0, 0.05) is 81.0 Å². The normalized spacial score (nSPS) is 22.1. The van der Waals surface area contributed by atoms with Crippen LogP contribution in [0.2, 0.25) is 0 Å². The Kier molecular flexibility index (Phi) is 13.6. The van der Waals surface area contributed by atoms with E-state index >= 15 is 8.78 Å². The van der Waals surface area contributed by atoms with Gasteiger partial charge in [-0.25, -0.2) is 13.8 Å². The highest BCUT2D eigenvalue weighted by Gasteiger charge is 2.38. The van der Waals surface area contributed by atoms with Gasteiger partial charge >= 0.3 is 0 Å². The molecule has 3 aromatic rings. The molecule has 4 N–H and O–H groups in total. The number of halogens is 2. The summed E-state index contributed by atoms with van der Waals surface area (Å²) in [5.41, 5.74) is 0.986. The van der Waals surface area contributed by atoms with E-state index < -0.39 is 29.1 Å². The number of hydrogen-bond acceptors (Lipinski definition) is 12. The van der Waals surface area contributed by atoms with Crippen molar-refractivity contribution in [2.24, 2.45) is 5.92 Å². The van der Waals surface area contributed by atoms with Crippen molar-refractivity contribution in [3.8, 4) is 5.75 Å². The lowest BCUT2D eigenvalue weighted by Gasteiger charge is -2.52. The Bertz CT molecular complexity index is 1940. The molecule has 5 saturated heterocycles. The Morgan fingerprint density at radius 1 is 0.930 bits per heavy atom. The number of rotatable bonds is 11. The highest BCUT2D eigenvalue weighted by Crippen LogP contribution is 2.32. The van der Waals surface area contributed by atoms with Crippen LogP contribution >= 0.6 is 11.8 Å². The topological polar surface area (TPSA) is 169 Å². The zero-order valence-electron chi connectivity index (χ0n) is 31.9. The number of aromatic amines is 1. The number of benzene rings is 2. The Morgan fingerprint density at radius 3 is 2.37 bits per heavy atom. The SMILES string of the molecule is O=C1CCC(Nc2ccc(N3CCC(N4CC(N5CCC(COc6cc(F)c7c(=O)[nH]c(CSC8CCOCC8)nc7c6)CC5)C4)CC3)cc2F)C(=O)N1.O=CO. The van der Waals surface area contributed by atoms with Crippen molar-refractivity contribution < 1.29 is 37.7 Å². The molecule has 1 atom stereocenters. The molecular formula is C40H51F2N7O7S. The summed E-state index contributed by atoms with van der Waals surface area (Å²) in [7, 11) is 0. The minimum Gasteiger partial charge on any atom is -0.493 e. The number of fused-ring (bicyclic) bond motifs is 1. The van der Waals surface area contributed by atoms with Gasteiger partial charge in [0.05, 0.1) is 23.6 Å². The van der Waals surface area contributed by atoms with Gasteiger partial charge in [-0.15, -0.1) is 0 Å². The van der Waals surface area contributed by atoms with E-state index in [0.717, 1.165) is 96.7 Å². The van der Waals surface area contributed by atoms with Crippen molar-refractivity contribution in [2.75, 3.05) is 69.3 Å². The van der Waals surface area contributed by atoms with Gasteiger partial charge in [0.15, 0.2) is 0 Å². The standard InChI is InChI=1S/C39H49F2N7O5S.CH2O2/c40-30-17-26(1-2-32(30)42-33-3-4-36(49)45-38(33)50)46-13-7-25(8-14-46)48-20-27(21-48)47-11-5-24(6-12-47)22-53-28-18-31(41)37-34(19-28)43-35(44-39(37)51)23-54-29-9-15-52-16-10-29;2-1-3/h1-2,17-19,24-25,27,29,33,42H,3-16,20-23H2,(H,43,44,51)(H,45,49,50);1H,(H,2,3). The molecular weight excluding hydrogens is 761 g/mol. The second kappa shape index (κ2) is 19.0. The number of nitrogens with zero attached hydrogens (tertiary/aromatic N) is 4. The number of likely N-dealkylation sites (tertiary alicyclic amines) is 2. The first kappa shape index (κ1) is 40.9.